The van der Waals surface area contributed by atoms with E-state index in [9.17, 15) is 9.59 Å². The summed E-state index contributed by atoms with van der Waals surface area (Å²) in [7, 11) is 1.64. The minimum Gasteiger partial charge on any atom is -0.497 e. The largest absolute Gasteiger partial charge is 0.497 e. The molecule has 4 rings (SSSR count). The SMILES string of the molecule is COc1ccc(C(NC(=O)C2CCN(C(=O)CCOc3ccccc3)CC2)c2ccccc2)cc1. The number of hydrogen-bond acceptors (Lipinski definition) is 4. The summed E-state index contributed by atoms with van der Waals surface area (Å²) in [6.45, 7) is 1.52. The molecule has 0 radical (unpaired) electrons. The second-order valence-electron chi connectivity index (χ2n) is 8.69. The van der Waals surface area contributed by atoms with Gasteiger partial charge in [0.15, 0.2) is 0 Å². The first-order chi connectivity index (χ1) is 17.1. The third kappa shape index (κ3) is 6.63. The third-order valence-corrected chi connectivity index (χ3v) is 6.41. The number of carbonyl (C=O) groups excluding carboxylic acids is 2. The average molecular weight is 473 g/mol. The third-order valence-electron chi connectivity index (χ3n) is 6.41. The number of para-hydroxylation sites is 1. The summed E-state index contributed by atoms with van der Waals surface area (Å²) in [5, 5.41) is 3.25. The van der Waals surface area contributed by atoms with Gasteiger partial charge < -0.3 is 19.7 Å². The molecule has 182 valence electrons. The maximum absolute atomic E-state index is 13.2. The van der Waals surface area contributed by atoms with Crippen LogP contribution in [0.2, 0.25) is 0 Å². The van der Waals surface area contributed by atoms with E-state index in [1.54, 1.807) is 7.11 Å². The van der Waals surface area contributed by atoms with E-state index in [0.29, 0.717) is 39.0 Å². The van der Waals surface area contributed by atoms with Crippen LogP contribution in [-0.4, -0.2) is 43.5 Å². The lowest BCUT2D eigenvalue weighted by atomic mass is 9.93. The van der Waals surface area contributed by atoms with Gasteiger partial charge in [-0.1, -0.05) is 60.7 Å². The maximum atomic E-state index is 13.2. The normalized spacial score (nSPS) is 14.7. The number of methoxy groups -OCH3 is 1. The van der Waals surface area contributed by atoms with Gasteiger partial charge in [-0.3, -0.25) is 9.59 Å². The lowest BCUT2D eigenvalue weighted by Crippen LogP contribution is -2.44. The summed E-state index contributed by atoms with van der Waals surface area (Å²) < 4.78 is 10.9. The number of carbonyl (C=O) groups is 2. The molecular weight excluding hydrogens is 440 g/mol. The molecule has 1 saturated heterocycles. The Balaban J connectivity index is 1.31. The van der Waals surface area contributed by atoms with Gasteiger partial charge in [0.1, 0.15) is 11.5 Å². The number of amides is 2. The quantitative estimate of drug-likeness (QED) is 0.494. The minimum atomic E-state index is -0.246. The van der Waals surface area contributed by atoms with Crippen molar-refractivity contribution in [1.82, 2.24) is 10.2 Å². The first-order valence-electron chi connectivity index (χ1n) is 12.1. The molecular formula is C29H32N2O4. The molecule has 3 aromatic carbocycles. The monoisotopic (exact) mass is 472 g/mol. The highest BCUT2D eigenvalue weighted by Crippen LogP contribution is 2.26. The van der Waals surface area contributed by atoms with Crippen molar-refractivity contribution in [2.45, 2.75) is 25.3 Å². The van der Waals surface area contributed by atoms with E-state index < -0.39 is 0 Å². The molecule has 0 bridgehead atoms. The van der Waals surface area contributed by atoms with Gasteiger partial charge in [-0.05, 0) is 48.2 Å². The molecule has 1 unspecified atom stereocenters. The van der Waals surface area contributed by atoms with Gasteiger partial charge in [0.25, 0.3) is 0 Å². The molecule has 35 heavy (non-hydrogen) atoms. The Hall–Kier alpha value is -3.80. The number of rotatable bonds is 9. The number of hydrogen-bond donors (Lipinski definition) is 1. The van der Waals surface area contributed by atoms with Crippen LogP contribution in [-0.2, 0) is 9.59 Å². The first kappa shape index (κ1) is 24.3. The van der Waals surface area contributed by atoms with Crippen molar-refractivity contribution >= 4 is 11.8 Å². The van der Waals surface area contributed by atoms with Crippen molar-refractivity contribution < 1.29 is 19.1 Å². The molecule has 1 aliphatic heterocycles. The van der Waals surface area contributed by atoms with Crippen LogP contribution in [0.15, 0.2) is 84.9 Å². The Bertz CT molecular complexity index is 1080. The lowest BCUT2D eigenvalue weighted by Gasteiger charge is -2.32. The van der Waals surface area contributed by atoms with E-state index in [2.05, 4.69) is 5.32 Å². The topological polar surface area (TPSA) is 67.9 Å². The Kier molecular flexibility index (Phi) is 8.39. The zero-order valence-corrected chi connectivity index (χ0v) is 20.1. The molecule has 1 N–H and O–H groups in total. The Labute approximate surface area is 206 Å². The number of likely N-dealkylation sites (tertiary alicyclic amines) is 1. The predicted octanol–water partition coefficient (Wildman–Crippen LogP) is 4.61. The molecule has 6 heteroatoms. The van der Waals surface area contributed by atoms with E-state index in [1.807, 2.05) is 89.8 Å². The van der Waals surface area contributed by atoms with Crippen molar-refractivity contribution in [2.24, 2.45) is 5.92 Å². The van der Waals surface area contributed by atoms with E-state index in [4.69, 9.17) is 9.47 Å². The van der Waals surface area contributed by atoms with Crippen LogP contribution in [0.4, 0.5) is 0 Å². The van der Waals surface area contributed by atoms with Crippen molar-refractivity contribution in [2.75, 3.05) is 26.8 Å². The summed E-state index contributed by atoms with van der Waals surface area (Å²) in [5.41, 5.74) is 2.02. The Morgan fingerprint density at radius 3 is 2.09 bits per heavy atom. The average Bonchev–Trinajstić information content (AvgIpc) is 2.93. The second kappa shape index (κ2) is 12.1. The molecule has 0 saturated carbocycles. The van der Waals surface area contributed by atoms with Crippen molar-refractivity contribution in [3.63, 3.8) is 0 Å². The van der Waals surface area contributed by atoms with Crippen LogP contribution in [0, 0.1) is 5.92 Å². The summed E-state index contributed by atoms with van der Waals surface area (Å²) in [5.74, 6) is 1.51. The number of benzene rings is 3. The number of ether oxygens (including phenoxy) is 2. The summed E-state index contributed by atoms with van der Waals surface area (Å²) in [6.07, 6.45) is 1.64. The summed E-state index contributed by atoms with van der Waals surface area (Å²) in [4.78, 5) is 27.7. The molecule has 0 aliphatic carbocycles. The summed E-state index contributed by atoms with van der Waals surface area (Å²) in [6, 6.07) is 27.0. The summed E-state index contributed by atoms with van der Waals surface area (Å²) >= 11 is 0. The highest BCUT2D eigenvalue weighted by Gasteiger charge is 2.29. The fourth-order valence-corrected chi connectivity index (χ4v) is 4.38. The molecule has 2 amide bonds. The van der Waals surface area contributed by atoms with Crippen LogP contribution in [0.1, 0.15) is 36.4 Å². The molecule has 1 heterocycles. The van der Waals surface area contributed by atoms with Crippen LogP contribution >= 0.6 is 0 Å². The van der Waals surface area contributed by atoms with Crippen LogP contribution in [0.5, 0.6) is 11.5 Å². The zero-order chi connectivity index (χ0) is 24.5. The van der Waals surface area contributed by atoms with Gasteiger partial charge in [-0.25, -0.2) is 0 Å². The fourth-order valence-electron chi connectivity index (χ4n) is 4.38. The van der Waals surface area contributed by atoms with Gasteiger partial charge in [0, 0.05) is 19.0 Å². The van der Waals surface area contributed by atoms with E-state index in [-0.39, 0.29) is 23.8 Å². The molecule has 6 nitrogen and oxygen atoms in total. The number of piperidine rings is 1. The van der Waals surface area contributed by atoms with Crippen molar-refractivity contribution in [3.05, 3.63) is 96.1 Å². The van der Waals surface area contributed by atoms with Crippen molar-refractivity contribution in [1.29, 1.82) is 0 Å². The fraction of sp³-hybridized carbons (Fsp3) is 0.310. The lowest BCUT2D eigenvalue weighted by molar-refractivity contribution is -0.136. The van der Waals surface area contributed by atoms with Gasteiger partial charge in [-0.15, -0.1) is 0 Å². The second-order valence-corrected chi connectivity index (χ2v) is 8.69. The first-order valence-corrected chi connectivity index (χ1v) is 12.1. The van der Waals surface area contributed by atoms with E-state index >= 15 is 0 Å². The molecule has 3 aromatic rings. The molecule has 0 aromatic heterocycles. The molecule has 1 atom stereocenters. The van der Waals surface area contributed by atoms with Crippen LogP contribution in [0.25, 0.3) is 0 Å². The van der Waals surface area contributed by atoms with E-state index in [1.165, 1.54) is 0 Å². The molecule has 1 fully saturated rings. The number of nitrogens with one attached hydrogen (secondary N) is 1. The molecule has 0 spiro atoms. The van der Waals surface area contributed by atoms with Crippen LogP contribution < -0.4 is 14.8 Å². The van der Waals surface area contributed by atoms with E-state index in [0.717, 1.165) is 22.6 Å². The van der Waals surface area contributed by atoms with Gasteiger partial charge in [0.2, 0.25) is 11.8 Å². The predicted molar refractivity (Wildman–Crippen MR) is 135 cm³/mol. The van der Waals surface area contributed by atoms with Crippen LogP contribution in [0.3, 0.4) is 0 Å². The van der Waals surface area contributed by atoms with Crippen molar-refractivity contribution in [3.8, 4) is 11.5 Å². The van der Waals surface area contributed by atoms with Gasteiger partial charge in [0.05, 0.1) is 26.2 Å². The van der Waals surface area contributed by atoms with Gasteiger partial charge >= 0.3 is 0 Å². The Morgan fingerprint density at radius 2 is 1.46 bits per heavy atom. The minimum absolute atomic E-state index is 0.0224. The van der Waals surface area contributed by atoms with Gasteiger partial charge in [-0.2, -0.15) is 0 Å². The zero-order valence-electron chi connectivity index (χ0n) is 20.1. The highest BCUT2D eigenvalue weighted by molar-refractivity contribution is 5.81. The maximum Gasteiger partial charge on any atom is 0.225 e. The standard InChI is InChI=1S/C29H32N2O4/c1-34-25-14-12-23(13-15-25)28(22-8-4-2-5-9-22)30-29(33)24-16-19-31(20-17-24)27(32)18-21-35-26-10-6-3-7-11-26/h2-15,24,28H,16-21H2,1H3,(H,30,33). The smallest absolute Gasteiger partial charge is 0.225 e. The highest BCUT2D eigenvalue weighted by atomic mass is 16.5. The molecule has 1 aliphatic rings. The number of nitrogens with zero attached hydrogens (tertiary/aromatic N) is 1. The Morgan fingerprint density at radius 1 is 0.857 bits per heavy atom.